The van der Waals surface area contributed by atoms with Crippen molar-refractivity contribution < 1.29 is 21.6 Å². The number of fused-ring (bicyclic) bond motifs is 1. The van der Waals surface area contributed by atoms with Gasteiger partial charge in [0.15, 0.2) is 9.84 Å². The summed E-state index contributed by atoms with van der Waals surface area (Å²) in [6.07, 6.45) is -3.36. The van der Waals surface area contributed by atoms with Gasteiger partial charge in [0.2, 0.25) is 5.82 Å². The predicted octanol–water partition coefficient (Wildman–Crippen LogP) is 2.60. The largest absolute Gasteiger partial charge is 0.417 e. The third-order valence-corrected chi connectivity index (χ3v) is 5.97. The summed E-state index contributed by atoms with van der Waals surface area (Å²) in [6, 6.07) is 7.55. The summed E-state index contributed by atoms with van der Waals surface area (Å²) < 4.78 is 65.7. The molecule has 2 aromatic carbocycles. The highest BCUT2D eigenvalue weighted by atomic mass is 32.2. The maximum Gasteiger partial charge on any atom is 0.417 e. The molecule has 11 heteroatoms. The quantitative estimate of drug-likeness (QED) is 0.672. The molecule has 1 aromatic heterocycles. The maximum atomic E-state index is 13.6. The lowest BCUT2D eigenvalue weighted by Crippen LogP contribution is -2.23. The predicted molar refractivity (Wildman–Crippen MR) is 98.6 cm³/mol. The van der Waals surface area contributed by atoms with Gasteiger partial charge in [-0.3, -0.25) is 0 Å². The molecule has 0 aliphatic carbocycles. The van der Waals surface area contributed by atoms with Gasteiger partial charge in [0.25, 0.3) is 0 Å². The monoisotopic (exact) mass is 423 g/mol. The fourth-order valence-corrected chi connectivity index (χ4v) is 4.72. The van der Waals surface area contributed by atoms with E-state index in [4.69, 9.17) is 0 Å². The molecule has 0 radical (unpaired) electrons. The number of hydrogen-bond acceptors (Lipinski definition) is 6. The Morgan fingerprint density at radius 2 is 1.90 bits per heavy atom. The van der Waals surface area contributed by atoms with Gasteiger partial charge in [-0.2, -0.15) is 18.4 Å². The molecule has 2 N–H and O–H groups in total. The van der Waals surface area contributed by atoms with E-state index < -0.39 is 26.5 Å². The zero-order valence-corrected chi connectivity index (χ0v) is 16.0. The lowest BCUT2D eigenvalue weighted by atomic mass is 9.92. The zero-order valence-electron chi connectivity index (χ0n) is 15.2. The first kappa shape index (κ1) is 19.5. The second kappa shape index (κ2) is 6.92. The SMILES string of the molecule is CS(=O)(=O)c1c(C(F)(F)F)ccc(-c2ccc3c(c2)CCNC3)c1-c1nn[nH]n1. The van der Waals surface area contributed by atoms with Gasteiger partial charge >= 0.3 is 6.18 Å². The van der Waals surface area contributed by atoms with Crippen molar-refractivity contribution in [2.45, 2.75) is 24.0 Å². The van der Waals surface area contributed by atoms with Crippen molar-refractivity contribution in [3.05, 3.63) is 47.0 Å². The van der Waals surface area contributed by atoms with Crippen LogP contribution in [0.4, 0.5) is 13.2 Å². The number of benzene rings is 2. The maximum absolute atomic E-state index is 13.6. The number of nitrogens with zero attached hydrogens (tertiary/aromatic N) is 3. The molecule has 4 rings (SSSR count). The molecule has 1 aliphatic rings. The topological polar surface area (TPSA) is 101 Å². The van der Waals surface area contributed by atoms with Crippen molar-refractivity contribution >= 4 is 9.84 Å². The van der Waals surface area contributed by atoms with E-state index in [2.05, 4.69) is 25.9 Å². The summed E-state index contributed by atoms with van der Waals surface area (Å²) in [5, 5.41) is 16.4. The number of aromatic nitrogens is 4. The van der Waals surface area contributed by atoms with E-state index in [1.807, 2.05) is 12.1 Å². The van der Waals surface area contributed by atoms with Crippen LogP contribution in [0.25, 0.3) is 22.5 Å². The van der Waals surface area contributed by atoms with Crippen molar-refractivity contribution in [3.8, 4) is 22.5 Å². The summed E-state index contributed by atoms with van der Waals surface area (Å²) in [5.74, 6) is -0.217. The molecule has 0 amide bonds. The van der Waals surface area contributed by atoms with Crippen molar-refractivity contribution in [2.75, 3.05) is 12.8 Å². The Labute approximate surface area is 164 Å². The molecule has 0 unspecified atom stereocenters. The Morgan fingerprint density at radius 1 is 1.10 bits per heavy atom. The second-order valence-electron chi connectivity index (χ2n) is 6.78. The van der Waals surface area contributed by atoms with E-state index >= 15 is 0 Å². The molecule has 1 aliphatic heterocycles. The summed E-state index contributed by atoms with van der Waals surface area (Å²) in [7, 11) is -4.27. The van der Waals surface area contributed by atoms with Gasteiger partial charge in [-0.05, 0) is 46.5 Å². The number of halogens is 3. The lowest BCUT2D eigenvalue weighted by molar-refractivity contribution is -0.139. The van der Waals surface area contributed by atoms with Crippen LogP contribution in [0.2, 0.25) is 0 Å². The van der Waals surface area contributed by atoms with Gasteiger partial charge in [0.05, 0.1) is 16.0 Å². The Bertz CT molecular complexity index is 1170. The van der Waals surface area contributed by atoms with Crippen molar-refractivity contribution in [1.82, 2.24) is 25.9 Å². The molecule has 29 heavy (non-hydrogen) atoms. The molecule has 0 bridgehead atoms. The van der Waals surface area contributed by atoms with Crippen LogP contribution >= 0.6 is 0 Å². The molecular weight excluding hydrogens is 407 g/mol. The molecule has 2 heterocycles. The van der Waals surface area contributed by atoms with Crippen LogP contribution in [-0.2, 0) is 29.0 Å². The summed E-state index contributed by atoms with van der Waals surface area (Å²) in [5.41, 5.74) is 1.55. The first-order valence-corrected chi connectivity index (χ1v) is 10.6. The summed E-state index contributed by atoms with van der Waals surface area (Å²) in [6.45, 7) is 1.49. The number of sulfone groups is 1. The first-order chi connectivity index (χ1) is 13.7. The molecule has 0 atom stereocenters. The minimum absolute atomic E-state index is 0.217. The Hall–Kier alpha value is -2.79. The van der Waals surface area contributed by atoms with Crippen molar-refractivity contribution in [2.24, 2.45) is 0 Å². The van der Waals surface area contributed by atoms with E-state index in [9.17, 15) is 21.6 Å². The van der Waals surface area contributed by atoms with Gasteiger partial charge in [-0.25, -0.2) is 8.42 Å². The molecule has 0 saturated carbocycles. The normalized spacial score (nSPS) is 14.6. The highest BCUT2D eigenvalue weighted by Crippen LogP contribution is 2.43. The number of tetrazole rings is 1. The van der Waals surface area contributed by atoms with E-state index in [0.717, 1.165) is 36.4 Å². The number of nitrogens with one attached hydrogen (secondary N) is 2. The standard InChI is InChI=1S/C18H16F3N5O2S/c1-29(27,28)16-14(18(19,20)21)5-4-13(15(16)17-23-25-26-24-17)11-2-3-12-9-22-7-6-10(12)8-11/h2-5,8,22H,6-7,9H2,1H3,(H,23,24,25,26). The van der Waals surface area contributed by atoms with Gasteiger partial charge in [-0.1, -0.05) is 24.3 Å². The Kier molecular flexibility index (Phi) is 4.66. The minimum Gasteiger partial charge on any atom is -0.312 e. The molecule has 0 saturated heterocycles. The summed E-state index contributed by atoms with van der Waals surface area (Å²) in [4.78, 5) is -0.858. The van der Waals surface area contributed by atoms with Crippen LogP contribution < -0.4 is 5.32 Å². The van der Waals surface area contributed by atoms with Crippen molar-refractivity contribution in [1.29, 1.82) is 0 Å². The average molecular weight is 423 g/mol. The van der Waals surface area contributed by atoms with Crippen LogP contribution in [0, 0.1) is 0 Å². The molecule has 3 aromatic rings. The number of aromatic amines is 1. The van der Waals surface area contributed by atoms with Gasteiger partial charge < -0.3 is 5.32 Å². The van der Waals surface area contributed by atoms with E-state index in [1.54, 1.807) is 6.07 Å². The number of hydrogen-bond donors (Lipinski definition) is 2. The number of alkyl halides is 3. The van der Waals surface area contributed by atoms with Crippen LogP contribution in [-0.4, -0.2) is 41.8 Å². The fraction of sp³-hybridized carbons (Fsp3) is 0.278. The van der Waals surface area contributed by atoms with E-state index in [0.29, 0.717) is 17.7 Å². The van der Waals surface area contributed by atoms with Crippen LogP contribution in [0.3, 0.4) is 0 Å². The molecule has 0 spiro atoms. The Balaban J connectivity index is 2.06. The summed E-state index contributed by atoms with van der Waals surface area (Å²) >= 11 is 0. The highest BCUT2D eigenvalue weighted by Gasteiger charge is 2.39. The van der Waals surface area contributed by atoms with Gasteiger partial charge in [-0.15, -0.1) is 10.2 Å². The van der Waals surface area contributed by atoms with E-state index in [-0.39, 0.29) is 11.4 Å². The van der Waals surface area contributed by atoms with Crippen molar-refractivity contribution in [3.63, 3.8) is 0 Å². The smallest absolute Gasteiger partial charge is 0.312 e. The molecule has 152 valence electrons. The molecule has 0 fully saturated rings. The minimum atomic E-state index is -4.86. The van der Waals surface area contributed by atoms with Crippen LogP contribution in [0.15, 0.2) is 35.2 Å². The zero-order chi connectivity index (χ0) is 20.8. The Morgan fingerprint density at radius 3 is 2.55 bits per heavy atom. The first-order valence-electron chi connectivity index (χ1n) is 8.67. The average Bonchev–Trinajstić information content (AvgIpc) is 3.19. The number of rotatable bonds is 3. The van der Waals surface area contributed by atoms with Crippen LogP contribution in [0.5, 0.6) is 0 Å². The third-order valence-electron chi connectivity index (χ3n) is 4.81. The lowest BCUT2D eigenvalue weighted by Gasteiger charge is -2.20. The van der Waals surface area contributed by atoms with E-state index in [1.165, 1.54) is 6.07 Å². The second-order valence-corrected chi connectivity index (χ2v) is 8.73. The number of H-pyrrole nitrogens is 1. The van der Waals surface area contributed by atoms with Gasteiger partial charge in [0.1, 0.15) is 0 Å². The molecular formula is C18H16F3N5O2S. The third kappa shape index (κ3) is 3.62. The van der Waals surface area contributed by atoms with Gasteiger partial charge in [0, 0.05) is 12.8 Å². The fourth-order valence-electron chi connectivity index (χ4n) is 3.57. The molecule has 7 nitrogen and oxygen atoms in total. The van der Waals surface area contributed by atoms with Crippen LogP contribution in [0.1, 0.15) is 16.7 Å². The highest BCUT2D eigenvalue weighted by molar-refractivity contribution is 7.91.